The molecule has 31 heavy (non-hydrogen) atoms. The molecule has 5 N–H and O–H groups in total. The van der Waals surface area contributed by atoms with Crippen molar-refractivity contribution >= 4 is 0 Å². The Morgan fingerprint density at radius 1 is 0.484 bits per heavy atom. The number of aliphatic hydroxyl groups excluding tert-OH is 5. The van der Waals surface area contributed by atoms with Gasteiger partial charge in [0.05, 0.1) is 92.5 Å². The average molecular weight is 461 g/mol. The first-order valence-electron chi connectivity index (χ1n) is 10.3. The van der Waals surface area contributed by atoms with Crippen LogP contribution in [-0.4, -0.2) is 150 Å². The molecule has 0 saturated heterocycles. The summed E-state index contributed by atoms with van der Waals surface area (Å²) in [7, 11) is 1.53. The minimum Gasteiger partial charge on any atom is -0.394 e. The van der Waals surface area contributed by atoms with Crippen LogP contribution in [0.5, 0.6) is 0 Å². The van der Waals surface area contributed by atoms with Gasteiger partial charge in [-0.1, -0.05) is 0 Å². The van der Waals surface area contributed by atoms with Crippen LogP contribution in [-0.2, 0) is 33.2 Å². The lowest BCUT2D eigenvalue weighted by Gasteiger charge is -2.37. The quantitative estimate of drug-likeness (QED) is 0.0939. The molecule has 12 heteroatoms. The van der Waals surface area contributed by atoms with Crippen LogP contribution in [0.25, 0.3) is 0 Å². The van der Waals surface area contributed by atoms with Crippen LogP contribution < -0.4 is 0 Å². The lowest BCUT2D eigenvalue weighted by molar-refractivity contribution is -0.203. The van der Waals surface area contributed by atoms with Gasteiger partial charge in [-0.2, -0.15) is 0 Å². The monoisotopic (exact) mass is 460 g/mol. The first-order valence-corrected chi connectivity index (χ1v) is 10.3. The fraction of sp³-hybridized carbons (Fsp3) is 1.00. The van der Waals surface area contributed by atoms with E-state index in [0.29, 0.717) is 0 Å². The van der Waals surface area contributed by atoms with Gasteiger partial charge >= 0.3 is 0 Å². The van der Waals surface area contributed by atoms with Gasteiger partial charge in [0.2, 0.25) is 0 Å². The summed E-state index contributed by atoms with van der Waals surface area (Å²) < 4.78 is 39.1. The highest BCUT2D eigenvalue weighted by atomic mass is 16.6. The summed E-state index contributed by atoms with van der Waals surface area (Å²) in [6.07, 6.45) is -3.09. The molecule has 0 saturated carbocycles. The highest BCUT2D eigenvalue weighted by Gasteiger charge is 2.38. The van der Waals surface area contributed by atoms with Crippen molar-refractivity contribution in [2.24, 2.45) is 0 Å². The summed E-state index contributed by atoms with van der Waals surface area (Å²) in [4.78, 5) is 0. The molecule has 0 rings (SSSR count). The average Bonchev–Trinajstić information content (AvgIpc) is 2.78. The Morgan fingerprint density at radius 3 is 1.26 bits per heavy atom. The van der Waals surface area contributed by atoms with Crippen molar-refractivity contribution in [3.8, 4) is 0 Å². The molecule has 0 spiro atoms. The van der Waals surface area contributed by atoms with Gasteiger partial charge in [0.25, 0.3) is 0 Å². The Hall–Kier alpha value is -0.480. The molecule has 0 amide bonds. The fourth-order valence-electron chi connectivity index (χ4n) is 2.70. The third-order valence-corrected chi connectivity index (χ3v) is 3.94. The van der Waals surface area contributed by atoms with Crippen LogP contribution >= 0.6 is 0 Å². The lowest BCUT2D eigenvalue weighted by atomic mass is 10.0. The highest BCUT2D eigenvalue weighted by Crippen LogP contribution is 2.19. The second-order valence-corrected chi connectivity index (χ2v) is 6.25. The van der Waals surface area contributed by atoms with Crippen molar-refractivity contribution < 1.29 is 58.7 Å². The molecule has 4 atom stereocenters. The van der Waals surface area contributed by atoms with E-state index < -0.39 is 24.4 Å². The van der Waals surface area contributed by atoms with Gasteiger partial charge in [0, 0.05) is 7.11 Å². The van der Waals surface area contributed by atoms with E-state index in [0.717, 1.165) is 0 Å². The summed E-state index contributed by atoms with van der Waals surface area (Å²) in [5, 5.41) is 45.7. The molecule has 188 valence electrons. The summed E-state index contributed by atoms with van der Waals surface area (Å²) in [5.74, 6) is 0. The summed E-state index contributed by atoms with van der Waals surface area (Å²) in [5.41, 5.74) is 0. The molecule has 4 unspecified atom stereocenters. The summed E-state index contributed by atoms with van der Waals surface area (Å²) in [6, 6.07) is 0. The van der Waals surface area contributed by atoms with Crippen molar-refractivity contribution in [1.82, 2.24) is 0 Å². The fourth-order valence-corrected chi connectivity index (χ4v) is 2.70. The van der Waals surface area contributed by atoms with Gasteiger partial charge in [0.1, 0.15) is 24.4 Å². The van der Waals surface area contributed by atoms with Gasteiger partial charge in [-0.15, -0.1) is 0 Å². The SMILES string of the molecule is COCCOC(C(COCCO)OCCO)C(OCCO)C(COCCO)OCCO. The van der Waals surface area contributed by atoms with E-state index in [2.05, 4.69) is 0 Å². The van der Waals surface area contributed by atoms with E-state index in [1.54, 1.807) is 0 Å². The van der Waals surface area contributed by atoms with Gasteiger partial charge in [0.15, 0.2) is 0 Å². The topological polar surface area (TPSA) is 166 Å². The minimum atomic E-state index is -0.823. The molecule has 0 aromatic heterocycles. The smallest absolute Gasteiger partial charge is 0.115 e. The molecule has 0 aliphatic rings. The van der Waals surface area contributed by atoms with Crippen LogP contribution in [0.1, 0.15) is 0 Å². The Bertz CT molecular complexity index is 363. The van der Waals surface area contributed by atoms with Crippen LogP contribution in [0.4, 0.5) is 0 Å². The zero-order valence-corrected chi connectivity index (χ0v) is 18.3. The van der Waals surface area contributed by atoms with E-state index in [4.69, 9.17) is 43.4 Å². The van der Waals surface area contributed by atoms with E-state index in [-0.39, 0.29) is 92.5 Å². The Balaban J connectivity index is 5.69. The molecular formula is C19H40O12. The third kappa shape index (κ3) is 15.1. The van der Waals surface area contributed by atoms with Gasteiger partial charge in [-0.3, -0.25) is 0 Å². The van der Waals surface area contributed by atoms with Crippen molar-refractivity contribution in [2.75, 3.05) is 99.6 Å². The van der Waals surface area contributed by atoms with E-state index in [9.17, 15) is 15.3 Å². The van der Waals surface area contributed by atoms with Gasteiger partial charge in [-0.25, -0.2) is 0 Å². The molecule has 0 aliphatic heterocycles. The third-order valence-electron chi connectivity index (χ3n) is 3.94. The van der Waals surface area contributed by atoms with Crippen LogP contribution in [0, 0.1) is 0 Å². The second kappa shape index (κ2) is 22.7. The Kier molecular flexibility index (Phi) is 22.4. The van der Waals surface area contributed by atoms with Gasteiger partial charge in [-0.05, 0) is 0 Å². The van der Waals surface area contributed by atoms with Crippen molar-refractivity contribution in [1.29, 1.82) is 0 Å². The Morgan fingerprint density at radius 2 is 0.871 bits per heavy atom. The molecule has 12 nitrogen and oxygen atoms in total. The van der Waals surface area contributed by atoms with Crippen LogP contribution in [0.2, 0.25) is 0 Å². The molecular weight excluding hydrogens is 420 g/mol. The standard InChI is InChI=1S/C19H40O12/c1-25-12-13-31-19(17(29-10-5-23)15-27-8-3-21)18(30-11-6-24)16(28-9-4-22)14-26-7-2-20/h16-24H,2-15H2,1H3. The first kappa shape index (κ1) is 30.5. The lowest BCUT2D eigenvalue weighted by Crippen LogP contribution is -2.53. The number of hydrogen-bond donors (Lipinski definition) is 5. The normalized spacial score (nSPS) is 15.7. The predicted octanol–water partition coefficient (Wildman–Crippen LogP) is -2.83. The van der Waals surface area contributed by atoms with Crippen molar-refractivity contribution in [3.63, 3.8) is 0 Å². The van der Waals surface area contributed by atoms with E-state index in [1.165, 1.54) is 7.11 Å². The summed E-state index contributed by atoms with van der Waals surface area (Å²) >= 11 is 0. The minimum absolute atomic E-state index is 0.000103. The van der Waals surface area contributed by atoms with Crippen molar-refractivity contribution in [3.05, 3.63) is 0 Å². The highest BCUT2D eigenvalue weighted by molar-refractivity contribution is 4.87. The molecule has 0 aliphatic carbocycles. The molecule has 0 heterocycles. The maximum atomic E-state index is 9.29. The number of methoxy groups -OCH3 is 1. The number of ether oxygens (including phenoxy) is 7. The summed E-state index contributed by atoms with van der Waals surface area (Å²) in [6.45, 7) is -0.424. The first-order chi connectivity index (χ1) is 15.2. The number of hydrogen-bond acceptors (Lipinski definition) is 12. The Labute approximate surface area is 183 Å². The van der Waals surface area contributed by atoms with Crippen LogP contribution in [0.15, 0.2) is 0 Å². The number of aliphatic hydroxyl groups is 5. The molecule has 0 radical (unpaired) electrons. The zero-order chi connectivity index (χ0) is 23.2. The maximum Gasteiger partial charge on any atom is 0.115 e. The van der Waals surface area contributed by atoms with Crippen molar-refractivity contribution in [2.45, 2.75) is 24.4 Å². The van der Waals surface area contributed by atoms with E-state index in [1.807, 2.05) is 0 Å². The molecule has 0 aromatic rings. The molecule has 0 bridgehead atoms. The maximum absolute atomic E-state index is 9.29. The van der Waals surface area contributed by atoms with Crippen LogP contribution in [0.3, 0.4) is 0 Å². The zero-order valence-electron chi connectivity index (χ0n) is 18.3. The number of rotatable bonds is 24. The molecule has 0 fully saturated rings. The predicted molar refractivity (Wildman–Crippen MR) is 108 cm³/mol. The van der Waals surface area contributed by atoms with E-state index >= 15 is 0 Å². The second-order valence-electron chi connectivity index (χ2n) is 6.25. The van der Waals surface area contributed by atoms with Gasteiger partial charge < -0.3 is 58.7 Å². The molecule has 0 aromatic carbocycles. The largest absolute Gasteiger partial charge is 0.394 e.